The second kappa shape index (κ2) is 5.92. The number of rotatable bonds is 4. The first-order valence-corrected chi connectivity index (χ1v) is 6.02. The van der Waals surface area contributed by atoms with E-state index in [2.05, 4.69) is 15.0 Å². The molecule has 9 heteroatoms. The van der Waals surface area contributed by atoms with E-state index in [1.165, 1.54) is 0 Å². The van der Waals surface area contributed by atoms with Crippen molar-refractivity contribution in [3.05, 3.63) is 29.8 Å². The lowest BCUT2D eigenvalue weighted by Crippen LogP contribution is -2.37. The van der Waals surface area contributed by atoms with Gasteiger partial charge in [-0.25, -0.2) is 0 Å². The lowest BCUT2D eigenvalue weighted by atomic mass is 10.1. The smallest absolute Gasteiger partial charge is 0.474 e. The molecule has 0 atom stereocenters. The first kappa shape index (κ1) is 15.0. The number of hydrogen-bond donors (Lipinski definition) is 3. The topological polar surface area (TPSA) is 83.0 Å². The minimum Gasteiger partial charge on any atom is -0.479 e. The molecule has 0 radical (unpaired) electrons. The summed E-state index contributed by atoms with van der Waals surface area (Å²) in [6.45, 7) is 1.92. The van der Waals surface area contributed by atoms with Gasteiger partial charge in [0.1, 0.15) is 0 Å². The number of nitrogens with zero attached hydrogens (tertiary/aromatic N) is 3. The van der Waals surface area contributed by atoms with Gasteiger partial charge in [-0.05, 0) is 12.0 Å². The van der Waals surface area contributed by atoms with Crippen molar-refractivity contribution in [2.45, 2.75) is 19.6 Å². The predicted molar refractivity (Wildman–Crippen MR) is 69.1 cm³/mol. The number of hydrogen-bond acceptors (Lipinski definition) is 6. The quantitative estimate of drug-likeness (QED) is 0.593. The van der Waals surface area contributed by atoms with Crippen LogP contribution in [0.1, 0.15) is 12.5 Å². The largest absolute Gasteiger partial charge is 0.479 e. The molecule has 0 spiro atoms. The van der Waals surface area contributed by atoms with Crippen molar-refractivity contribution in [3.63, 3.8) is 0 Å². The molecule has 112 valence electrons. The van der Waals surface area contributed by atoms with Crippen LogP contribution in [0.25, 0.3) is 11.4 Å². The van der Waals surface area contributed by atoms with Gasteiger partial charge in [-0.1, -0.05) is 31.2 Å². The van der Waals surface area contributed by atoms with Gasteiger partial charge in [-0.3, -0.25) is 5.43 Å². The summed E-state index contributed by atoms with van der Waals surface area (Å²) in [7, 11) is 0. The maximum Gasteiger partial charge on any atom is 0.474 e. The molecule has 2 rings (SSSR count). The van der Waals surface area contributed by atoms with Crippen LogP contribution in [0.2, 0.25) is 0 Å². The molecule has 6 nitrogen and oxygen atoms in total. The van der Waals surface area contributed by atoms with Crippen molar-refractivity contribution in [2.75, 3.05) is 5.43 Å². The van der Waals surface area contributed by atoms with E-state index in [-0.39, 0.29) is 5.82 Å². The second-order valence-electron chi connectivity index (χ2n) is 4.04. The summed E-state index contributed by atoms with van der Waals surface area (Å²) >= 11 is 0. The first-order valence-electron chi connectivity index (χ1n) is 6.02. The summed E-state index contributed by atoms with van der Waals surface area (Å²) in [5.74, 6) is -0.341. The Bertz CT molecular complexity index is 633. The normalized spacial score (nSPS) is 11.4. The molecular formula is C12H12F3N5O. The lowest BCUT2D eigenvalue weighted by molar-refractivity contribution is -0.151. The molecule has 0 aliphatic rings. The van der Waals surface area contributed by atoms with Crippen LogP contribution < -0.4 is 10.9 Å². The minimum absolute atomic E-state index is 0.0893. The first-order chi connectivity index (χ1) is 9.89. The standard InChI is InChI=1S/C12H12F3N5O/c1-2-7-5-3-4-6-8(7)9-16-10(18-11(21)17-9)19-20-12(13,14)15/h3-6,20H,2H2,1H3,(H2,16,17,18,19,21). The third-order valence-electron chi connectivity index (χ3n) is 2.58. The van der Waals surface area contributed by atoms with E-state index in [0.717, 1.165) is 11.0 Å². The molecule has 0 saturated heterocycles. The van der Waals surface area contributed by atoms with Crippen LogP contribution in [0.4, 0.5) is 19.1 Å². The fourth-order valence-electron chi connectivity index (χ4n) is 1.71. The molecule has 0 unspecified atom stereocenters. The number of aryl methyl sites for hydroxylation is 1. The van der Waals surface area contributed by atoms with Gasteiger partial charge < -0.3 is 5.11 Å². The fourth-order valence-corrected chi connectivity index (χ4v) is 1.71. The summed E-state index contributed by atoms with van der Waals surface area (Å²) in [5, 5.41) is 9.44. The number of hydrazine groups is 1. The highest BCUT2D eigenvalue weighted by Crippen LogP contribution is 2.22. The summed E-state index contributed by atoms with van der Waals surface area (Å²) in [5.41, 5.74) is 4.35. The van der Waals surface area contributed by atoms with Gasteiger partial charge in [0.15, 0.2) is 5.82 Å². The Labute approximate surface area is 118 Å². The molecule has 1 aromatic heterocycles. The Morgan fingerprint density at radius 1 is 1.14 bits per heavy atom. The number of alkyl halides is 3. The van der Waals surface area contributed by atoms with Crippen molar-refractivity contribution in [1.29, 1.82) is 0 Å². The molecule has 0 amide bonds. The average Bonchev–Trinajstić information content (AvgIpc) is 2.44. The van der Waals surface area contributed by atoms with Crippen molar-refractivity contribution >= 4 is 5.95 Å². The Hall–Kier alpha value is -2.42. The second-order valence-corrected chi connectivity index (χ2v) is 4.04. The van der Waals surface area contributed by atoms with Crippen molar-refractivity contribution in [1.82, 2.24) is 20.4 Å². The lowest BCUT2D eigenvalue weighted by Gasteiger charge is -2.11. The number of anilines is 1. The van der Waals surface area contributed by atoms with Crippen LogP contribution in [0.15, 0.2) is 24.3 Å². The number of halogens is 3. The van der Waals surface area contributed by atoms with E-state index in [4.69, 9.17) is 0 Å². The predicted octanol–water partition coefficient (Wildman–Crippen LogP) is 2.24. The Balaban J connectivity index is 2.34. The van der Waals surface area contributed by atoms with Gasteiger partial charge in [0, 0.05) is 5.56 Å². The van der Waals surface area contributed by atoms with E-state index in [9.17, 15) is 18.3 Å². The summed E-state index contributed by atoms with van der Waals surface area (Å²) in [6.07, 6.45) is -3.96. The van der Waals surface area contributed by atoms with Gasteiger partial charge in [-0.15, -0.1) is 5.43 Å². The molecule has 3 N–H and O–H groups in total. The third-order valence-corrected chi connectivity index (χ3v) is 2.58. The minimum atomic E-state index is -4.65. The summed E-state index contributed by atoms with van der Waals surface area (Å²) in [4.78, 5) is 11.0. The highest BCUT2D eigenvalue weighted by molar-refractivity contribution is 5.61. The molecule has 1 heterocycles. The van der Waals surface area contributed by atoms with Crippen LogP contribution in [0.5, 0.6) is 6.01 Å². The highest BCUT2D eigenvalue weighted by atomic mass is 19.4. The SMILES string of the molecule is CCc1ccccc1-c1nc(O)nc(NNC(F)(F)F)n1. The molecule has 2 aromatic rings. The molecule has 0 aliphatic heterocycles. The Kier molecular flexibility index (Phi) is 4.22. The summed E-state index contributed by atoms with van der Waals surface area (Å²) < 4.78 is 36.2. The molecular weight excluding hydrogens is 287 g/mol. The van der Waals surface area contributed by atoms with E-state index in [1.807, 2.05) is 19.1 Å². The Morgan fingerprint density at radius 2 is 1.86 bits per heavy atom. The Morgan fingerprint density at radius 3 is 2.52 bits per heavy atom. The molecule has 0 aliphatic carbocycles. The zero-order valence-corrected chi connectivity index (χ0v) is 10.9. The highest BCUT2D eigenvalue weighted by Gasteiger charge is 2.27. The average molecular weight is 299 g/mol. The zero-order chi connectivity index (χ0) is 15.5. The number of aromatic hydroxyl groups is 1. The molecule has 0 bridgehead atoms. The van der Waals surface area contributed by atoms with E-state index in [1.54, 1.807) is 17.6 Å². The number of aromatic nitrogens is 3. The molecule has 1 aromatic carbocycles. The van der Waals surface area contributed by atoms with Gasteiger partial charge in [0.05, 0.1) is 0 Å². The van der Waals surface area contributed by atoms with Crippen molar-refractivity contribution in [3.8, 4) is 17.4 Å². The van der Waals surface area contributed by atoms with Crippen molar-refractivity contribution in [2.24, 2.45) is 0 Å². The van der Waals surface area contributed by atoms with Crippen LogP contribution in [-0.2, 0) is 6.42 Å². The van der Waals surface area contributed by atoms with Crippen LogP contribution in [0, 0.1) is 0 Å². The van der Waals surface area contributed by atoms with Gasteiger partial charge in [0.2, 0.25) is 5.95 Å². The molecule has 0 saturated carbocycles. The van der Waals surface area contributed by atoms with Gasteiger partial charge in [-0.2, -0.15) is 28.1 Å². The van der Waals surface area contributed by atoms with Crippen LogP contribution in [-0.4, -0.2) is 26.4 Å². The van der Waals surface area contributed by atoms with Crippen LogP contribution in [0.3, 0.4) is 0 Å². The van der Waals surface area contributed by atoms with E-state index >= 15 is 0 Å². The number of benzene rings is 1. The van der Waals surface area contributed by atoms with Crippen LogP contribution >= 0.6 is 0 Å². The maximum absolute atomic E-state index is 12.1. The van der Waals surface area contributed by atoms with E-state index in [0.29, 0.717) is 12.0 Å². The van der Waals surface area contributed by atoms with E-state index < -0.39 is 18.3 Å². The van der Waals surface area contributed by atoms with Crippen molar-refractivity contribution < 1.29 is 18.3 Å². The fraction of sp³-hybridized carbons (Fsp3) is 0.250. The number of nitrogens with one attached hydrogen (secondary N) is 2. The third kappa shape index (κ3) is 4.02. The maximum atomic E-state index is 12.1. The van der Waals surface area contributed by atoms with Gasteiger partial charge in [0.25, 0.3) is 0 Å². The zero-order valence-electron chi connectivity index (χ0n) is 10.9. The summed E-state index contributed by atoms with van der Waals surface area (Å²) in [6, 6.07) is 6.47. The molecule has 21 heavy (non-hydrogen) atoms. The van der Waals surface area contributed by atoms with Gasteiger partial charge >= 0.3 is 12.3 Å². The molecule has 0 fully saturated rings. The monoisotopic (exact) mass is 299 g/mol.